The van der Waals surface area contributed by atoms with E-state index in [-0.39, 0.29) is 5.91 Å². The molecule has 3 heterocycles. The van der Waals surface area contributed by atoms with E-state index in [2.05, 4.69) is 20.4 Å². The topological polar surface area (TPSA) is 72.7 Å². The summed E-state index contributed by atoms with van der Waals surface area (Å²) in [6.07, 6.45) is 4.95. The molecule has 0 bridgehead atoms. The van der Waals surface area contributed by atoms with Crippen molar-refractivity contribution >= 4 is 22.9 Å². The van der Waals surface area contributed by atoms with Crippen LogP contribution in [0.3, 0.4) is 0 Å². The Kier molecular flexibility index (Phi) is 3.03. The maximum absolute atomic E-state index is 11.8. The van der Waals surface area contributed by atoms with Crippen LogP contribution in [0.4, 0.5) is 5.69 Å². The second-order valence-corrected chi connectivity index (χ2v) is 4.41. The van der Waals surface area contributed by atoms with Crippen LogP contribution in [-0.4, -0.2) is 25.7 Å². The van der Waals surface area contributed by atoms with Crippen molar-refractivity contribution in [2.24, 2.45) is 0 Å². The quantitative estimate of drug-likeness (QED) is 0.790. The van der Waals surface area contributed by atoms with Gasteiger partial charge in [0.15, 0.2) is 5.82 Å². The predicted molar refractivity (Wildman–Crippen MR) is 71.4 cm³/mol. The van der Waals surface area contributed by atoms with E-state index in [9.17, 15) is 4.79 Å². The maximum Gasteiger partial charge on any atom is 0.275 e. The zero-order chi connectivity index (χ0) is 13.1. The van der Waals surface area contributed by atoms with Crippen molar-refractivity contribution in [2.45, 2.75) is 0 Å². The molecule has 3 aromatic rings. The average Bonchev–Trinajstić information content (AvgIpc) is 3.11. The molecule has 0 unspecified atom stereocenters. The lowest BCUT2D eigenvalue weighted by Crippen LogP contribution is -2.11. The van der Waals surface area contributed by atoms with Gasteiger partial charge >= 0.3 is 0 Å². The van der Waals surface area contributed by atoms with Gasteiger partial charge in [0.2, 0.25) is 0 Å². The molecule has 0 saturated carbocycles. The molecule has 19 heavy (non-hydrogen) atoms. The lowest BCUT2D eigenvalue weighted by Gasteiger charge is -1.99. The number of carbonyl (C=O) groups is 1. The number of nitrogens with one attached hydrogen (secondary N) is 1. The summed E-state index contributed by atoms with van der Waals surface area (Å²) < 4.78 is 1.59. The highest BCUT2D eigenvalue weighted by Crippen LogP contribution is 2.11. The van der Waals surface area contributed by atoms with Gasteiger partial charge in [0.1, 0.15) is 5.69 Å². The summed E-state index contributed by atoms with van der Waals surface area (Å²) in [5.41, 5.74) is 2.62. The molecule has 0 spiro atoms. The monoisotopic (exact) mass is 271 g/mol. The fraction of sp³-hybridized carbons (Fsp3) is 0. The van der Waals surface area contributed by atoms with E-state index in [1.54, 1.807) is 34.2 Å². The van der Waals surface area contributed by atoms with Gasteiger partial charge in [-0.05, 0) is 12.1 Å². The van der Waals surface area contributed by atoms with Crippen LogP contribution in [0.25, 0.3) is 5.82 Å². The van der Waals surface area contributed by atoms with Crippen molar-refractivity contribution in [3.05, 3.63) is 53.4 Å². The molecule has 0 atom stereocenters. The van der Waals surface area contributed by atoms with Crippen LogP contribution >= 0.6 is 11.3 Å². The number of nitrogens with zero attached hydrogens (tertiary/aromatic N) is 4. The lowest BCUT2D eigenvalue weighted by atomic mass is 10.4. The molecule has 0 fully saturated rings. The molecule has 0 aliphatic rings. The fourth-order valence-corrected chi connectivity index (χ4v) is 2.05. The SMILES string of the molecule is O=C(Nc1cnn(-c2ccccn2)c1)c1cscn1. The number of carbonyl (C=O) groups excluding carboxylic acids is 1. The summed E-state index contributed by atoms with van der Waals surface area (Å²) in [5, 5.41) is 8.56. The number of rotatable bonds is 3. The van der Waals surface area contributed by atoms with Gasteiger partial charge in [0.25, 0.3) is 5.91 Å². The number of hydrogen-bond donors (Lipinski definition) is 1. The summed E-state index contributed by atoms with van der Waals surface area (Å²) in [6, 6.07) is 5.54. The van der Waals surface area contributed by atoms with Crippen molar-refractivity contribution in [3.63, 3.8) is 0 Å². The van der Waals surface area contributed by atoms with E-state index >= 15 is 0 Å². The average molecular weight is 271 g/mol. The number of thiazole rings is 1. The van der Waals surface area contributed by atoms with Gasteiger partial charge in [-0.3, -0.25) is 4.79 Å². The number of amides is 1. The first-order valence-electron chi connectivity index (χ1n) is 5.48. The van der Waals surface area contributed by atoms with Crippen LogP contribution in [0, 0.1) is 0 Å². The van der Waals surface area contributed by atoms with Gasteiger partial charge < -0.3 is 5.32 Å². The summed E-state index contributed by atoms with van der Waals surface area (Å²) >= 11 is 1.38. The van der Waals surface area contributed by atoms with Crippen LogP contribution in [0.15, 0.2) is 47.7 Å². The highest BCUT2D eigenvalue weighted by molar-refractivity contribution is 7.07. The van der Waals surface area contributed by atoms with Gasteiger partial charge in [-0.2, -0.15) is 5.10 Å². The Hall–Kier alpha value is -2.54. The van der Waals surface area contributed by atoms with Gasteiger partial charge in [-0.25, -0.2) is 14.6 Å². The Bertz CT molecular complexity index is 677. The highest BCUT2D eigenvalue weighted by Gasteiger charge is 2.09. The van der Waals surface area contributed by atoms with Crippen LogP contribution < -0.4 is 5.32 Å². The molecule has 3 rings (SSSR count). The van der Waals surface area contributed by atoms with Gasteiger partial charge in [0, 0.05) is 11.6 Å². The van der Waals surface area contributed by atoms with Crippen LogP contribution in [0.5, 0.6) is 0 Å². The Morgan fingerprint density at radius 2 is 2.26 bits per heavy atom. The summed E-state index contributed by atoms with van der Waals surface area (Å²) in [7, 11) is 0. The second-order valence-electron chi connectivity index (χ2n) is 3.69. The van der Waals surface area contributed by atoms with Crippen molar-refractivity contribution in [2.75, 3.05) is 5.32 Å². The Balaban J connectivity index is 1.77. The molecule has 0 saturated heterocycles. The minimum absolute atomic E-state index is 0.248. The number of anilines is 1. The highest BCUT2D eigenvalue weighted by atomic mass is 32.1. The van der Waals surface area contributed by atoms with E-state index in [0.29, 0.717) is 17.2 Å². The standard InChI is InChI=1S/C12H9N5OS/c18-12(10-7-19-8-14-10)16-9-5-15-17(6-9)11-3-1-2-4-13-11/h1-8H,(H,16,18). The molecule has 0 aromatic carbocycles. The van der Waals surface area contributed by atoms with Crippen LogP contribution in [0.1, 0.15) is 10.5 Å². The normalized spacial score (nSPS) is 10.3. The maximum atomic E-state index is 11.8. The second kappa shape index (κ2) is 4.99. The molecule has 0 aliphatic carbocycles. The smallest absolute Gasteiger partial charge is 0.275 e. The first-order valence-corrected chi connectivity index (χ1v) is 6.43. The van der Waals surface area contributed by atoms with Crippen molar-refractivity contribution in [1.29, 1.82) is 0 Å². The largest absolute Gasteiger partial charge is 0.318 e. The minimum Gasteiger partial charge on any atom is -0.318 e. The van der Waals surface area contributed by atoms with Gasteiger partial charge in [0.05, 0.1) is 23.6 Å². The first kappa shape index (κ1) is 11.5. The fourth-order valence-electron chi connectivity index (χ4n) is 1.52. The molecular weight excluding hydrogens is 262 g/mol. The van der Waals surface area contributed by atoms with E-state index in [1.807, 2.05) is 18.2 Å². The molecule has 1 N–H and O–H groups in total. The number of aromatic nitrogens is 4. The third-order valence-corrected chi connectivity index (χ3v) is 2.98. The van der Waals surface area contributed by atoms with Gasteiger partial charge in [-0.15, -0.1) is 11.3 Å². The minimum atomic E-state index is -0.248. The summed E-state index contributed by atoms with van der Waals surface area (Å²) in [6.45, 7) is 0. The molecular formula is C12H9N5OS. The number of pyridine rings is 1. The third-order valence-electron chi connectivity index (χ3n) is 2.39. The Labute approximate surface area is 112 Å². The third kappa shape index (κ3) is 2.50. The molecule has 0 aliphatic heterocycles. The Morgan fingerprint density at radius 3 is 3.00 bits per heavy atom. The number of hydrogen-bond acceptors (Lipinski definition) is 5. The van der Waals surface area contributed by atoms with Crippen molar-refractivity contribution in [1.82, 2.24) is 19.7 Å². The van der Waals surface area contributed by atoms with Crippen molar-refractivity contribution < 1.29 is 4.79 Å². The molecule has 94 valence electrons. The molecule has 6 nitrogen and oxygen atoms in total. The zero-order valence-electron chi connectivity index (χ0n) is 9.72. The summed E-state index contributed by atoms with van der Waals surface area (Å²) in [4.78, 5) is 19.9. The lowest BCUT2D eigenvalue weighted by molar-refractivity contribution is 0.102. The molecule has 1 amide bonds. The van der Waals surface area contributed by atoms with E-state index in [4.69, 9.17) is 0 Å². The van der Waals surface area contributed by atoms with Crippen LogP contribution in [-0.2, 0) is 0 Å². The van der Waals surface area contributed by atoms with E-state index in [1.165, 1.54) is 11.3 Å². The van der Waals surface area contributed by atoms with Crippen molar-refractivity contribution in [3.8, 4) is 5.82 Å². The zero-order valence-corrected chi connectivity index (χ0v) is 10.5. The van der Waals surface area contributed by atoms with Gasteiger partial charge in [-0.1, -0.05) is 6.07 Å². The van der Waals surface area contributed by atoms with Crippen LogP contribution in [0.2, 0.25) is 0 Å². The summed E-state index contributed by atoms with van der Waals surface area (Å²) in [5.74, 6) is 0.443. The molecule has 7 heteroatoms. The van der Waals surface area contributed by atoms with E-state index < -0.39 is 0 Å². The molecule has 0 radical (unpaired) electrons. The van der Waals surface area contributed by atoms with E-state index in [0.717, 1.165) is 0 Å². The predicted octanol–water partition coefficient (Wildman–Crippen LogP) is 1.98. The molecule has 3 aromatic heterocycles. The first-order chi connectivity index (χ1) is 9.33. The Morgan fingerprint density at radius 1 is 1.32 bits per heavy atom.